The van der Waals surface area contributed by atoms with Crippen LogP contribution >= 0.6 is 0 Å². The molecule has 10 atom stereocenters. The Hall–Kier alpha value is -0.970. The van der Waals surface area contributed by atoms with Crippen LogP contribution in [0.5, 0.6) is 0 Å². The van der Waals surface area contributed by atoms with Crippen LogP contribution in [0.25, 0.3) is 0 Å². The summed E-state index contributed by atoms with van der Waals surface area (Å²) < 4.78 is 0. The van der Waals surface area contributed by atoms with E-state index in [0.717, 1.165) is 49.7 Å². The third-order valence-corrected chi connectivity index (χ3v) is 11.5. The topological polar surface area (TPSA) is 77.8 Å². The highest BCUT2D eigenvalue weighted by molar-refractivity contribution is 5.65. The van der Waals surface area contributed by atoms with Crippen molar-refractivity contribution in [3.8, 4) is 0 Å². The van der Waals surface area contributed by atoms with Gasteiger partial charge in [0.25, 0.3) is 0 Å². The molecule has 0 radical (unpaired) electrons. The number of hydrogen-bond donors (Lipinski definition) is 3. The average Bonchev–Trinajstić information content (AvgIpc) is 3.01. The van der Waals surface area contributed by atoms with Crippen LogP contribution in [-0.4, -0.2) is 39.9 Å². The van der Waals surface area contributed by atoms with Crippen molar-refractivity contribution >= 4 is 6.29 Å². The maximum absolute atomic E-state index is 13.1. The second-order valence-corrected chi connectivity index (χ2v) is 13.7. The van der Waals surface area contributed by atoms with Crippen LogP contribution in [0.15, 0.2) is 23.3 Å². The van der Waals surface area contributed by atoms with E-state index in [4.69, 9.17) is 0 Å². The first-order chi connectivity index (χ1) is 15.7. The van der Waals surface area contributed by atoms with Crippen LogP contribution in [0.4, 0.5) is 0 Å². The maximum atomic E-state index is 13.1. The predicted octanol–water partition coefficient (Wildman–Crippen LogP) is 5.46. The first-order valence-corrected chi connectivity index (χ1v) is 13.6. The van der Waals surface area contributed by atoms with Crippen molar-refractivity contribution in [2.24, 2.45) is 45.3 Å². The zero-order valence-corrected chi connectivity index (χ0v) is 22.5. The van der Waals surface area contributed by atoms with Crippen molar-refractivity contribution in [3.63, 3.8) is 0 Å². The fourth-order valence-corrected chi connectivity index (χ4v) is 9.55. The highest BCUT2D eigenvalue weighted by Gasteiger charge is 2.70. The highest BCUT2D eigenvalue weighted by Crippen LogP contribution is 2.74. The summed E-state index contributed by atoms with van der Waals surface area (Å²) in [5.41, 5.74) is 1.14. The molecule has 0 bridgehead atoms. The SMILES string of the molecule is CC(C)=CC(O)C[C@@H](C)[C@H]1CC[C@@]2(C)[C@H]3[C@@H](O)C=C4[C@@H](CC[C@H](O)C4(C)C)[C@]3(C=O)CC[C@]12C. The second-order valence-electron chi connectivity index (χ2n) is 13.7. The molecule has 4 aliphatic rings. The van der Waals surface area contributed by atoms with Gasteiger partial charge in [0.1, 0.15) is 6.29 Å². The first kappa shape index (κ1) is 26.1. The third-order valence-electron chi connectivity index (χ3n) is 11.5. The Morgan fingerprint density at radius 3 is 2.35 bits per heavy atom. The minimum atomic E-state index is -0.670. The van der Waals surface area contributed by atoms with E-state index in [-0.39, 0.29) is 22.7 Å². The molecule has 34 heavy (non-hydrogen) atoms. The van der Waals surface area contributed by atoms with Crippen LogP contribution in [0.2, 0.25) is 0 Å². The average molecular weight is 473 g/mol. The summed E-state index contributed by atoms with van der Waals surface area (Å²) in [5.74, 6) is 0.839. The van der Waals surface area contributed by atoms with Crippen molar-refractivity contribution in [3.05, 3.63) is 23.3 Å². The minimum absolute atomic E-state index is 0.0182. The Morgan fingerprint density at radius 1 is 1.06 bits per heavy atom. The number of hydrogen-bond acceptors (Lipinski definition) is 4. The lowest BCUT2D eigenvalue weighted by Crippen LogP contribution is -2.64. The van der Waals surface area contributed by atoms with E-state index >= 15 is 0 Å². The molecule has 1 unspecified atom stereocenters. The Labute approximate surface area is 206 Å². The lowest BCUT2D eigenvalue weighted by atomic mass is 9.38. The molecule has 0 amide bonds. The number of aliphatic hydroxyl groups excluding tert-OH is 3. The van der Waals surface area contributed by atoms with Gasteiger partial charge in [-0.3, -0.25) is 0 Å². The van der Waals surface area contributed by atoms with Gasteiger partial charge >= 0.3 is 0 Å². The summed E-state index contributed by atoms with van der Waals surface area (Å²) in [6.07, 6.45) is 9.84. The van der Waals surface area contributed by atoms with E-state index < -0.39 is 29.1 Å². The maximum Gasteiger partial charge on any atom is 0.127 e. The zero-order valence-electron chi connectivity index (χ0n) is 22.5. The molecule has 0 aromatic carbocycles. The molecular formula is C30H48O4. The molecule has 4 nitrogen and oxygen atoms in total. The van der Waals surface area contributed by atoms with Crippen LogP contribution in [-0.2, 0) is 4.79 Å². The van der Waals surface area contributed by atoms with Gasteiger partial charge in [-0.25, -0.2) is 0 Å². The predicted molar refractivity (Wildman–Crippen MR) is 136 cm³/mol. The van der Waals surface area contributed by atoms with Crippen LogP contribution < -0.4 is 0 Å². The van der Waals surface area contributed by atoms with E-state index in [1.54, 1.807) is 0 Å². The number of allylic oxidation sites excluding steroid dienone is 1. The van der Waals surface area contributed by atoms with Gasteiger partial charge in [0.2, 0.25) is 0 Å². The first-order valence-electron chi connectivity index (χ1n) is 13.6. The summed E-state index contributed by atoms with van der Waals surface area (Å²) in [7, 11) is 0. The number of rotatable bonds is 5. The smallest absolute Gasteiger partial charge is 0.127 e. The molecule has 0 aromatic rings. The van der Waals surface area contributed by atoms with Gasteiger partial charge in [-0.1, -0.05) is 57.9 Å². The quantitative estimate of drug-likeness (QED) is 0.367. The molecule has 0 aromatic heterocycles. The van der Waals surface area contributed by atoms with Gasteiger partial charge in [-0.15, -0.1) is 0 Å². The molecular weight excluding hydrogens is 424 g/mol. The minimum Gasteiger partial charge on any atom is -0.392 e. The van der Waals surface area contributed by atoms with Crippen molar-refractivity contribution in [1.82, 2.24) is 0 Å². The molecule has 192 valence electrons. The molecule has 4 heteroatoms. The normalized spacial score (nSPS) is 46.9. The van der Waals surface area contributed by atoms with E-state index in [9.17, 15) is 20.1 Å². The number of fused-ring (bicyclic) bond motifs is 5. The molecule has 3 saturated carbocycles. The van der Waals surface area contributed by atoms with E-state index in [1.165, 1.54) is 6.29 Å². The molecule has 0 heterocycles. The van der Waals surface area contributed by atoms with E-state index in [1.807, 2.05) is 26.0 Å². The molecule has 4 rings (SSSR count). The Bertz CT molecular complexity index is 869. The van der Waals surface area contributed by atoms with E-state index in [2.05, 4.69) is 34.6 Å². The Kier molecular flexibility index (Phi) is 6.57. The number of carbonyl (C=O) groups excluding carboxylic acids is 1. The molecule has 3 fully saturated rings. The monoisotopic (exact) mass is 472 g/mol. The molecule has 4 aliphatic carbocycles. The fraction of sp³-hybridized carbons (Fsp3) is 0.833. The van der Waals surface area contributed by atoms with Crippen LogP contribution in [0, 0.1) is 45.3 Å². The molecule has 0 spiro atoms. The zero-order chi connectivity index (χ0) is 25.3. The molecule has 0 saturated heterocycles. The Balaban J connectivity index is 1.72. The summed E-state index contributed by atoms with van der Waals surface area (Å²) >= 11 is 0. The third kappa shape index (κ3) is 3.53. The van der Waals surface area contributed by atoms with Crippen LogP contribution in [0.3, 0.4) is 0 Å². The van der Waals surface area contributed by atoms with Crippen molar-refractivity contribution in [1.29, 1.82) is 0 Å². The fourth-order valence-electron chi connectivity index (χ4n) is 9.55. The number of carbonyl (C=O) groups is 1. The van der Waals surface area contributed by atoms with Gasteiger partial charge < -0.3 is 20.1 Å². The highest BCUT2D eigenvalue weighted by atomic mass is 16.3. The summed E-state index contributed by atoms with van der Waals surface area (Å²) in [6, 6.07) is 0. The Morgan fingerprint density at radius 2 is 1.74 bits per heavy atom. The summed E-state index contributed by atoms with van der Waals surface area (Å²) in [5, 5.41) is 33.0. The summed E-state index contributed by atoms with van der Waals surface area (Å²) in [4.78, 5) is 13.1. The van der Waals surface area contributed by atoms with Crippen molar-refractivity contribution in [2.75, 3.05) is 0 Å². The lowest BCUT2D eigenvalue weighted by molar-refractivity contribution is -0.183. The number of aliphatic hydroxyl groups is 3. The second kappa shape index (κ2) is 8.56. The van der Waals surface area contributed by atoms with Gasteiger partial charge in [-0.2, -0.15) is 0 Å². The standard InChI is InChI=1S/C30H48O4/c1-18(2)14-20(32)15-19(3)21-10-11-29(7)26-24(33)16-23-22(8-9-25(34)27(23,4)5)30(26,17-31)13-12-28(21,29)6/h14,16-17,19-22,24-26,32-34H,8-13,15H2,1-7H3/t19-,20?,21-,22-,24+,25+,26-,28-,29+,30-/m1/s1. The molecule has 3 N–H and O–H groups in total. The summed E-state index contributed by atoms with van der Waals surface area (Å²) in [6.45, 7) is 15.2. The van der Waals surface area contributed by atoms with Gasteiger partial charge in [0.15, 0.2) is 0 Å². The number of aldehydes is 1. The lowest BCUT2D eigenvalue weighted by Gasteiger charge is -2.66. The van der Waals surface area contributed by atoms with Crippen molar-refractivity contribution < 1.29 is 20.1 Å². The molecule has 0 aliphatic heterocycles. The largest absolute Gasteiger partial charge is 0.392 e. The van der Waals surface area contributed by atoms with Gasteiger partial charge in [0, 0.05) is 16.7 Å². The van der Waals surface area contributed by atoms with E-state index in [0.29, 0.717) is 18.3 Å². The van der Waals surface area contributed by atoms with Crippen LogP contribution in [0.1, 0.15) is 93.4 Å². The van der Waals surface area contributed by atoms with Gasteiger partial charge in [-0.05, 0) is 87.4 Å². The van der Waals surface area contributed by atoms with Gasteiger partial charge in [0.05, 0.1) is 18.3 Å². The van der Waals surface area contributed by atoms with Crippen molar-refractivity contribution in [2.45, 2.75) is 112 Å².